The van der Waals surface area contributed by atoms with Gasteiger partial charge in [0.15, 0.2) is 34.5 Å². The van der Waals surface area contributed by atoms with Gasteiger partial charge in [0, 0.05) is 88.6 Å². The molecule has 590 valence electrons. The average Bonchev–Trinajstić information content (AvgIpc) is 0.786. The Morgan fingerprint density at radius 2 is 0.418 bits per heavy atom. The maximum absolute atomic E-state index is 6.68. The molecule has 11 nitrogen and oxygen atoms in total. The molecule has 0 saturated carbocycles. The number of hydrogen-bond donors (Lipinski definition) is 1. The van der Waals surface area contributed by atoms with Crippen molar-refractivity contribution in [1.82, 2.24) is 0 Å². The molecule has 18 aromatic carbocycles. The average molecular weight is 1710 g/mol. The summed E-state index contributed by atoms with van der Waals surface area (Å²) in [4.78, 5) is 16.1. The third kappa shape index (κ3) is 16.6. The van der Waals surface area contributed by atoms with E-state index in [0.717, 1.165) is 174 Å². The zero-order chi connectivity index (χ0) is 81.2. The van der Waals surface area contributed by atoms with E-state index < -0.39 is 0 Å². The highest BCUT2D eigenvalue weighted by Crippen LogP contribution is 2.57. The number of hydrogen-bond acceptors (Lipinski definition) is 11. The SMILES string of the molecule is Brc1cc(Br)cc(N(c2ccccc2)c2ccccc2)c1.C.c1ccc(N(c2ccccc2)c2cc(N(c3ccccc3)c3ccc4c(c3)N(c3ccccc3)c3ccccc3O4)cc(N(c3ccccc3)c3ccc4c(c3)N(c3ccccc3)c3ccccc3O4)c2)cc1.c1ccc(Nc2ccc3c(c2)N(c2ccccc2)c2ccccc2O3)cc1. The van der Waals surface area contributed by atoms with Gasteiger partial charge in [-0.25, -0.2) is 0 Å². The number of benzene rings is 18. The molecular formula is C109H82Br2N8O3. The van der Waals surface area contributed by atoms with Crippen LogP contribution in [0.4, 0.5) is 131 Å². The first kappa shape index (κ1) is 77.9. The van der Waals surface area contributed by atoms with Gasteiger partial charge in [-0.15, -0.1) is 0 Å². The van der Waals surface area contributed by atoms with E-state index in [1.54, 1.807) is 0 Å². The van der Waals surface area contributed by atoms with Crippen LogP contribution in [-0.4, -0.2) is 0 Å². The molecule has 0 bridgehead atoms. The van der Waals surface area contributed by atoms with Crippen LogP contribution in [0.1, 0.15) is 7.43 Å². The molecule has 21 rings (SSSR count). The first-order valence-electron chi connectivity index (χ1n) is 40.1. The zero-order valence-electron chi connectivity index (χ0n) is 65.6. The molecular weight excluding hydrogens is 1630 g/mol. The summed E-state index contributed by atoms with van der Waals surface area (Å²) >= 11 is 7.14. The predicted molar refractivity (Wildman–Crippen MR) is 514 cm³/mol. The first-order valence-corrected chi connectivity index (χ1v) is 41.7. The number of para-hydroxylation sites is 16. The first-order chi connectivity index (χ1) is 59.8. The van der Waals surface area contributed by atoms with Gasteiger partial charge in [-0.1, -0.05) is 258 Å². The smallest absolute Gasteiger partial charge is 0.151 e. The van der Waals surface area contributed by atoms with Crippen LogP contribution >= 0.6 is 31.9 Å². The Labute approximate surface area is 729 Å². The lowest BCUT2D eigenvalue weighted by Crippen LogP contribution is -2.19. The Kier molecular flexibility index (Phi) is 22.9. The second-order valence-electron chi connectivity index (χ2n) is 28.9. The van der Waals surface area contributed by atoms with Crippen LogP contribution in [0.5, 0.6) is 34.5 Å². The molecule has 3 aliphatic rings. The maximum atomic E-state index is 6.68. The molecule has 18 aromatic rings. The van der Waals surface area contributed by atoms with Crippen molar-refractivity contribution in [1.29, 1.82) is 0 Å². The molecule has 1 N–H and O–H groups in total. The van der Waals surface area contributed by atoms with Crippen molar-refractivity contribution in [2.45, 2.75) is 7.43 Å². The van der Waals surface area contributed by atoms with Crippen LogP contribution in [0.3, 0.4) is 0 Å². The lowest BCUT2D eigenvalue weighted by molar-refractivity contribution is 0.477. The second-order valence-corrected chi connectivity index (χ2v) is 30.7. The van der Waals surface area contributed by atoms with Gasteiger partial charge in [-0.3, -0.25) is 0 Å². The summed E-state index contributed by atoms with van der Waals surface area (Å²) in [6.07, 6.45) is 0. The molecule has 0 saturated heterocycles. The van der Waals surface area contributed by atoms with E-state index >= 15 is 0 Å². The second kappa shape index (κ2) is 35.9. The Bertz CT molecular complexity index is 6300. The lowest BCUT2D eigenvalue weighted by atomic mass is 10.1. The van der Waals surface area contributed by atoms with E-state index in [1.165, 1.54) is 0 Å². The summed E-state index contributed by atoms with van der Waals surface area (Å²) in [5, 5.41) is 3.47. The molecule has 0 amide bonds. The number of nitrogens with zero attached hydrogens (tertiary/aromatic N) is 7. The number of fused-ring (bicyclic) bond motifs is 6. The summed E-state index contributed by atoms with van der Waals surface area (Å²) < 4.78 is 21.6. The van der Waals surface area contributed by atoms with Gasteiger partial charge >= 0.3 is 0 Å². The summed E-state index contributed by atoms with van der Waals surface area (Å²) in [5.41, 5.74) is 23.3. The summed E-state index contributed by atoms with van der Waals surface area (Å²) in [6, 6.07) is 162. The highest BCUT2D eigenvalue weighted by molar-refractivity contribution is 9.11. The van der Waals surface area contributed by atoms with Crippen molar-refractivity contribution in [3.05, 3.63) is 476 Å². The van der Waals surface area contributed by atoms with Gasteiger partial charge in [0.25, 0.3) is 0 Å². The normalized spacial score (nSPS) is 11.6. The third-order valence-corrected chi connectivity index (χ3v) is 21.9. The highest BCUT2D eigenvalue weighted by Gasteiger charge is 2.32. The van der Waals surface area contributed by atoms with Crippen LogP contribution in [0.25, 0.3) is 0 Å². The van der Waals surface area contributed by atoms with Gasteiger partial charge in [0.2, 0.25) is 0 Å². The van der Waals surface area contributed by atoms with Gasteiger partial charge in [-0.05, 0) is 249 Å². The summed E-state index contributed by atoms with van der Waals surface area (Å²) in [5.74, 6) is 4.85. The molecule has 0 aliphatic carbocycles. The van der Waals surface area contributed by atoms with Crippen LogP contribution in [0.15, 0.2) is 476 Å². The minimum atomic E-state index is 0. The maximum Gasteiger partial charge on any atom is 0.151 e. The van der Waals surface area contributed by atoms with E-state index in [1.807, 2.05) is 97.1 Å². The lowest BCUT2D eigenvalue weighted by Gasteiger charge is -2.36. The number of halogens is 2. The Hall–Kier alpha value is -15.3. The van der Waals surface area contributed by atoms with Crippen molar-refractivity contribution in [2.75, 3.05) is 39.6 Å². The number of nitrogens with one attached hydrogen (secondary N) is 1. The topological polar surface area (TPSA) is 62.4 Å². The van der Waals surface area contributed by atoms with Crippen molar-refractivity contribution >= 4 is 163 Å². The quantitative estimate of drug-likeness (QED) is 0.0948. The molecule has 3 heterocycles. The van der Waals surface area contributed by atoms with Crippen LogP contribution < -0.4 is 53.8 Å². The van der Waals surface area contributed by atoms with E-state index in [-0.39, 0.29) is 7.43 Å². The minimum Gasteiger partial charge on any atom is -0.453 e. The zero-order valence-corrected chi connectivity index (χ0v) is 68.7. The fraction of sp³-hybridized carbons (Fsp3) is 0.00917. The monoisotopic (exact) mass is 1710 g/mol. The van der Waals surface area contributed by atoms with E-state index in [0.29, 0.717) is 0 Å². The van der Waals surface area contributed by atoms with Crippen LogP contribution in [0, 0.1) is 0 Å². The number of ether oxygens (including phenoxy) is 3. The molecule has 0 aromatic heterocycles. The van der Waals surface area contributed by atoms with Crippen molar-refractivity contribution in [2.24, 2.45) is 0 Å². The Morgan fingerprint density at radius 1 is 0.180 bits per heavy atom. The van der Waals surface area contributed by atoms with Gasteiger partial charge in [0.1, 0.15) is 0 Å². The third-order valence-electron chi connectivity index (χ3n) is 21.0. The van der Waals surface area contributed by atoms with Crippen molar-refractivity contribution in [3.63, 3.8) is 0 Å². The molecule has 0 atom stereocenters. The summed E-state index contributed by atoms with van der Waals surface area (Å²) in [6.45, 7) is 0. The fourth-order valence-electron chi connectivity index (χ4n) is 15.7. The number of anilines is 23. The van der Waals surface area contributed by atoms with E-state index in [9.17, 15) is 0 Å². The Balaban J connectivity index is 0.000000167. The van der Waals surface area contributed by atoms with Gasteiger partial charge in [0.05, 0.1) is 51.2 Å². The standard InChI is InChI=1S/C66H47N5O2.C24H18N2O.C18H13Br2N.CH4/c1-7-23-48(24-8-1)67(49-25-9-2-10-26-49)56-43-57(68(50-27-11-3-12-28-50)54-39-41-65-61(46-54)70(52-31-15-5-16-32-52)59-35-19-21-37-63(59)72-65)45-58(44-56)69(51-29-13-4-14-30-51)55-40-42-66-62(47-55)71(53-33-17-6-18-34-53)60-36-20-22-38-64(60)73-66;1-3-9-18(10-4-1)25-19-15-16-24-22(17-19)26(20-11-5-2-6-12-20)21-13-7-8-14-23(21)27-24;19-14-11-15(20)13-18(12-14)21(16-7-3-1-4-8-16)17-9-5-2-6-10-17;/h1-47H;1-17,25H;1-13H;1H4. The minimum absolute atomic E-state index is 0. The largest absolute Gasteiger partial charge is 0.453 e. The Morgan fingerprint density at radius 3 is 0.730 bits per heavy atom. The van der Waals surface area contributed by atoms with Crippen LogP contribution in [0.2, 0.25) is 0 Å². The fourth-order valence-corrected chi connectivity index (χ4v) is 17.0. The molecule has 3 aliphatic heterocycles. The molecule has 0 fully saturated rings. The highest BCUT2D eigenvalue weighted by atomic mass is 79.9. The molecule has 0 unspecified atom stereocenters. The van der Waals surface area contributed by atoms with Crippen LogP contribution in [-0.2, 0) is 0 Å². The molecule has 13 heteroatoms. The van der Waals surface area contributed by atoms with Crippen molar-refractivity contribution < 1.29 is 14.2 Å². The van der Waals surface area contributed by atoms with E-state index in [2.05, 4.69) is 442 Å². The molecule has 0 radical (unpaired) electrons. The number of rotatable bonds is 17. The molecule has 122 heavy (non-hydrogen) atoms. The van der Waals surface area contributed by atoms with E-state index in [4.69, 9.17) is 14.2 Å². The summed E-state index contributed by atoms with van der Waals surface area (Å²) in [7, 11) is 0. The predicted octanol–water partition coefficient (Wildman–Crippen LogP) is 33.6. The molecule has 0 spiro atoms. The van der Waals surface area contributed by atoms with Gasteiger partial charge < -0.3 is 53.8 Å². The van der Waals surface area contributed by atoms with Crippen molar-refractivity contribution in [3.8, 4) is 34.5 Å². The van der Waals surface area contributed by atoms with Gasteiger partial charge in [-0.2, -0.15) is 0 Å².